The molecule has 0 saturated carbocycles. The average Bonchev–Trinajstić information content (AvgIpc) is 2.83. The minimum absolute atomic E-state index is 0.0178. The van der Waals surface area contributed by atoms with E-state index in [4.69, 9.17) is 9.47 Å². The van der Waals surface area contributed by atoms with Gasteiger partial charge in [0.15, 0.2) is 0 Å². The number of para-hydroxylation sites is 1. The van der Waals surface area contributed by atoms with E-state index in [2.05, 4.69) is 10.3 Å². The van der Waals surface area contributed by atoms with E-state index in [9.17, 15) is 13.2 Å². The average molecular weight is 488 g/mol. The second kappa shape index (κ2) is 10.1. The van der Waals surface area contributed by atoms with Crippen LogP contribution in [0.2, 0.25) is 0 Å². The molecule has 4 rings (SSSR count). The van der Waals surface area contributed by atoms with Gasteiger partial charge in [-0.15, -0.1) is 0 Å². The third-order valence-electron chi connectivity index (χ3n) is 5.29. The number of amides is 1. The maximum atomic E-state index is 13.1. The first-order chi connectivity index (χ1) is 15.9. The Bertz CT molecular complexity index is 1270. The third kappa shape index (κ3) is 5.30. The van der Waals surface area contributed by atoms with Crippen LogP contribution in [0.15, 0.2) is 58.5 Å². The second-order valence-electron chi connectivity index (χ2n) is 7.51. The smallest absolute Gasteiger partial charge is 0.246 e. The van der Waals surface area contributed by atoms with Crippen molar-refractivity contribution >= 4 is 44.3 Å². The van der Waals surface area contributed by atoms with Gasteiger partial charge in [-0.1, -0.05) is 30.0 Å². The van der Waals surface area contributed by atoms with E-state index < -0.39 is 10.0 Å². The molecule has 3 aromatic rings. The van der Waals surface area contributed by atoms with Gasteiger partial charge in [0.1, 0.15) is 10.6 Å². The van der Waals surface area contributed by atoms with Gasteiger partial charge in [0.25, 0.3) is 0 Å². The molecule has 174 valence electrons. The number of rotatable bonds is 7. The molecular formula is C23H25N3O5S2. The molecule has 1 aliphatic heterocycles. The van der Waals surface area contributed by atoms with E-state index in [1.54, 1.807) is 12.1 Å². The highest BCUT2D eigenvalue weighted by Gasteiger charge is 2.29. The summed E-state index contributed by atoms with van der Waals surface area (Å²) in [6, 6.07) is 14.4. The standard InChI is InChI=1S/C23H25N3O5S2/c1-16-13-23(25-19-6-4-3-5-18(16)19)32-15-22(27)24-17-7-8-20(30-2)21(14-17)33(28,29)26-9-11-31-12-10-26/h3-8,13-14H,9-12,15H2,1-2H3,(H,24,27). The Morgan fingerprint density at radius 2 is 1.94 bits per heavy atom. The van der Waals surface area contributed by atoms with Crippen molar-refractivity contribution in [3.8, 4) is 5.75 Å². The van der Waals surface area contributed by atoms with Gasteiger partial charge in [-0.2, -0.15) is 4.31 Å². The van der Waals surface area contributed by atoms with Crippen LogP contribution in [0.25, 0.3) is 10.9 Å². The molecule has 0 atom stereocenters. The number of ether oxygens (including phenoxy) is 2. The molecule has 10 heteroatoms. The van der Waals surface area contributed by atoms with Crippen LogP contribution in [-0.4, -0.2) is 62.8 Å². The molecule has 1 amide bonds. The number of aromatic nitrogens is 1. The number of anilines is 1. The molecule has 0 radical (unpaired) electrons. The summed E-state index contributed by atoms with van der Waals surface area (Å²) in [6.45, 7) is 3.25. The van der Waals surface area contributed by atoms with Gasteiger partial charge in [0, 0.05) is 24.2 Å². The fraction of sp³-hybridized carbons (Fsp3) is 0.304. The Kier molecular flexibility index (Phi) is 7.18. The number of nitrogens with one attached hydrogen (secondary N) is 1. The number of fused-ring (bicyclic) bond motifs is 1. The zero-order valence-electron chi connectivity index (χ0n) is 18.4. The molecule has 0 unspecified atom stereocenters. The van der Waals surface area contributed by atoms with E-state index in [0.29, 0.717) is 18.9 Å². The number of methoxy groups -OCH3 is 1. The Hall–Kier alpha value is -2.66. The van der Waals surface area contributed by atoms with Crippen molar-refractivity contribution in [2.24, 2.45) is 0 Å². The van der Waals surface area contributed by atoms with E-state index in [-0.39, 0.29) is 35.4 Å². The summed E-state index contributed by atoms with van der Waals surface area (Å²) in [5.74, 6) is 0.111. The fourth-order valence-corrected chi connectivity index (χ4v) is 5.97. The molecule has 1 fully saturated rings. The number of nitrogens with zero attached hydrogens (tertiary/aromatic N) is 2. The van der Waals surface area contributed by atoms with Gasteiger partial charge < -0.3 is 14.8 Å². The zero-order valence-corrected chi connectivity index (χ0v) is 20.0. The van der Waals surface area contributed by atoms with E-state index in [1.165, 1.54) is 29.2 Å². The first kappa shape index (κ1) is 23.5. The lowest BCUT2D eigenvalue weighted by molar-refractivity contribution is -0.113. The minimum Gasteiger partial charge on any atom is -0.495 e. The van der Waals surface area contributed by atoms with E-state index in [0.717, 1.165) is 21.5 Å². The molecular weight excluding hydrogens is 462 g/mol. The Labute approximate surface area is 197 Å². The van der Waals surface area contributed by atoms with Crippen LogP contribution in [0.3, 0.4) is 0 Å². The van der Waals surface area contributed by atoms with Crippen molar-refractivity contribution in [1.82, 2.24) is 9.29 Å². The molecule has 0 aliphatic carbocycles. The normalized spacial score (nSPS) is 14.8. The van der Waals surface area contributed by atoms with Gasteiger partial charge in [-0.25, -0.2) is 13.4 Å². The molecule has 1 aliphatic rings. The predicted octanol–water partition coefficient (Wildman–Crippen LogP) is 3.30. The first-order valence-corrected chi connectivity index (χ1v) is 12.9. The lowest BCUT2D eigenvalue weighted by Gasteiger charge is -2.26. The SMILES string of the molecule is COc1ccc(NC(=O)CSc2cc(C)c3ccccc3n2)cc1S(=O)(=O)N1CCOCC1. The van der Waals surface area contributed by atoms with Crippen LogP contribution in [0, 0.1) is 6.92 Å². The van der Waals surface area contributed by atoms with Crippen LogP contribution < -0.4 is 10.1 Å². The fourth-order valence-electron chi connectivity index (χ4n) is 3.61. The molecule has 1 saturated heterocycles. The summed E-state index contributed by atoms with van der Waals surface area (Å²) in [4.78, 5) is 17.2. The van der Waals surface area contributed by atoms with Gasteiger partial charge in [-0.3, -0.25) is 4.79 Å². The highest BCUT2D eigenvalue weighted by molar-refractivity contribution is 7.99. The highest BCUT2D eigenvalue weighted by Crippen LogP contribution is 2.30. The summed E-state index contributed by atoms with van der Waals surface area (Å²) in [7, 11) is -2.36. The maximum Gasteiger partial charge on any atom is 0.246 e. The van der Waals surface area contributed by atoms with Gasteiger partial charge >= 0.3 is 0 Å². The van der Waals surface area contributed by atoms with Crippen LogP contribution >= 0.6 is 11.8 Å². The van der Waals surface area contributed by atoms with E-state index >= 15 is 0 Å². The number of benzene rings is 2. The number of carbonyl (C=O) groups excluding carboxylic acids is 1. The predicted molar refractivity (Wildman–Crippen MR) is 128 cm³/mol. The number of thioether (sulfide) groups is 1. The molecule has 33 heavy (non-hydrogen) atoms. The van der Waals surface area contributed by atoms with Gasteiger partial charge in [0.2, 0.25) is 15.9 Å². The van der Waals surface area contributed by atoms with Crippen molar-refractivity contribution < 1.29 is 22.7 Å². The monoisotopic (exact) mass is 487 g/mol. The summed E-state index contributed by atoms with van der Waals surface area (Å²) < 4.78 is 38.1. The van der Waals surface area contributed by atoms with Crippen LogP contribution in [0.4, 0.5) is 5.69 Å². The van der Waals surface area contributed by atoms with Crippen molar-refractivity contribution in [3.05, 3.63) is 54.1 Å². The van der Waals surface area contributed by atoms with Crippen molar-refractivity contribution in [3.63, 3.8) is 0 Å². The lowest BCUT2D eigenvalue weighted by Crippen LogP contribution is -2.40. The quantitative estimate of drug-likeness (QED) is 0.511. The number of carbonyl (C=O) groups is 1. The van der Waals surface area contributed by atoms with Gasteiger partial charge in [-0.05, 0) is 42.8 Å². The first-order valence-electron chi connectivity index (χ1n) is 10.4. The molecule has 1 N–H and O–H groups in total. The topological polar surface area (TPSA) is 97.8 Å². The number of sulfonamides is 1. The second-order valence-corrected chi connectivity index (χ2v) is 10.4. The molecule has 1 aromatic heterocycles. The molecule has 0 spiro atoms. The summed E-state index contributed by atoms with van der Waals surface area (Å²) in [5, 5.41) is 4.62. The number of pyridine rings is 1. The minimum atomic E-state index is -3.78. The summed E-state index contributed by atoms with van der Waals surface area (Å²) in [6.07, 6.45) is 0. The number of morpholine rings is 1. The van der Waals surface area contributed by atoms with Crippen molar-refractivity contribution in [2.75, 3.05) is 44.5 Å². The molecule has 8 nitrogen and oxygen atoms in total. The molecule has 0 bridgehead atoms. The number of aryl methyl sites for hydroxylation is 1. The zero-order chi connectivity index (χ0) is 23.4. The van der Waals surface area contributed by atoms with E-state index in [1.807, 2.05) is 37.3 Å². The Morgan fingerprint density at radius 1 is 1.18 bits per heavy atom. The maximum absolute atomic E-state index is 13.1. The Morgan fingerprint density at radius 3 is 2.70 bits per heavy atom. The van der Waals surface area contributed by atoms with Crippen LogP contribution in [0.1, 0.15) is 5.56 Å². The van der Waals surface area contributed by atoms with Crippen LogP contribution in [-0.2, 0) is 19.6 Å². The summed E-state index contributed by atoms with van der Waals surface area (Å²) >= 11 is 1.33. The largest absolute Gasteiger partial charge is 0.495 e. The summed E-state index contributed by atoms with van der Waals surface area (Å²) in [5.41, 5.74) is 2.36. The third-order valence-corrected chi connectivity index (χ3v) is 8.12. The molecule has 2 heterocycles. The number of hydrogen-bond acceptors (Lipinski definition) is 7. The number of hydrogen-bond donors (Lipinski definition) is 1. The van der Waals surface area contributed by atoms with Crippen molar-refractivity contribution in [1.29, 1.82) is 0 Å². The Balaban J connectivity index is 1.47. The van der Waals surface area contributed by atoms with Gasteiger partial charge in [0.05, 0.1) is 36.6 Å². The molecule has 2 aromatic carbocycles. The lowest BCUT2D eigenvalue weighted by atomic mass is 10.1. The highest BCUT2D eigenvalue weighted by atomic mass is 32.2. The van der Waals surface area contributed by atoms with Crippen molar-refractivity contribution in [2.45, 2.75) is 16.8 Å². The van der Waals surface area contributed by atoms with Crippen LogP contribution in [0.5, 0.6) is 5.75 Å².